The molecule has 1 aliphatic heterocycles. The molecule has 0 spiro atoms. The molecule has 3 aromatic carbocycles. The molecule has 3 amide bonds. The molecule has 9 heteroatoms. The number of nitrogens with zero attached hydrogens (tertiary/aromatic N) is 2. The van der Waals surface area contributed by atoms with Gasteiger partial charge in [-0.3, -0.25) is 19.2 Å². The Bertz CT molecular complexity index is 1530. The summed E-state index contributed by atoms with van der Waals surface area (Å²) < 4.78 is 0. The number of fused-ring (bicyclic) bond motifs is 1. The second kappa shape index (κ2) is 8.42. The van der Waals surface area contributed by atoms with Crippen molar-refractivity contribution in [3.8, 4) is 11.3 Å². The van der Waals surface area contributed by atoms with Crippen molar-refractivity contribution in [3.05, 3.63) is 111 Å². The van der Waals surface area contributed by atoms with Crippen LogP contribution in [0.25, 0.3) is 11.3 Å². The summed E-state index contributed by atoms with van der Waals surface area (Å²) in [6.07, 6.45) is 0. The number of carbonyl (C=O) groups is 3. The van der Waals surface area contributed by atoms with Crippen molar-refractivity contribution in [1.82, 2.24) is 10.2 Å². The fraction of sp³-hybridized carbons (Fsp3) is 0. The SMILES string of the molecule is O=C(Nc1cccc(-c2ccc(=O)[nH]n2)c1)c1ccc2c(c1)C(=O)N(c1ccccc1Cl)C2=O. The average Bonchev–Trinajstić information content (AvgIpc) is 3.09. The first-order chi connectivity index (χ1) is 16.4. The number of nitrogens with one attached hydrogen (secondary N) is 2. The molecule has 0 saturated carbocycles. The molecular formula is C25H15ClN4O4. The number of hydrogen-bond donors (Lipinski definition) is 2. The highest BCUT2D eigenvalue weighted by Gasteiger charge is 2.38. The van der Waals surface area contributed by atoms with E-state index in [4.69, 9.17) is 11.6 Å². The van der Waals surface area contributed by atoms with E-state index >= 15 is 0 Å². The van der Waals surface area contributed by atoms with E-state index in [9.17, 15) is 19.2 Å². The van der Waals surface area contributed by atoms with E-state index in [-0.39, 0.29) is 33.0 Å². The van der Waals surface area contributed by atoms with Gasteiger partial charge in [0.05, 0.1) is 27.5 Å². The molecule has 34 heavy (non-hydrogen) atoms. The van der Waals surface area contributed by atoms with Gasteiger partial charge in [-0.2, -0.15) is 5.10 Å². The third-order valence-electron chi connectivity index (χ3n) is 5.34. The molecule has 0 atom stereocenters. The van der Waals surface area contributed by atoms with Gasteiger partial charge in [-0.25, -0.2) is 10.00 Å². The topological polar surface area (TPSA) is 112 Å². The van der Waals surface area contributed by atoms with E-state index < -0.39 is 17.7 Å². The lowest BCUT2D eigenvalue weighted by molar-refractivity contribution is 0.0925. The van der Waals surface area contributed by atoms with Gasteiger partial charge in [0.2, 0.25) is 0 Å². The van der Waals surface area contributed by atoms with Gasteiger partial charge >= 0.3 is 0 Å². The molecule has 1 aliphatic rings. The van der Waals surface area contributed by atoms with Gasteiger partial charge in [0.15, 0.2) is 0 Å². The maximum absolute atomic E-state index is 13.0. The first kappa shape index (κ1) is 21.3. The van der Waals surface area contributed by atoms with Crippen LogP contribution in [0.15, 0.2) is 83.7 Å². The van der Waals surface area contributed by atoms with Crippen molar-refractivity contribution >= 4 is 40.7 Å². The van der Waals surface area contributed by atoms with Crippen molar-refractivity contribution in [2.75, 3.05) is 10.2 Å². The van der Waals surface area contributed by atoms with Crippen molar-refractivity contribution in [1.29, 1.82) is 0 Å². The number of H-pyrrole nitrogens is 1. The number of imide groups is 1. The van der Waals surface area contributed by atoms with E-state index in [1.165, 1.54) is 24.3 Å². The van der Waals surface area contributed by atoms with Gasteiger partial charge in [-0.05, 0) is 48.5 Å². The Labute approximate surface area is 197 Å². The highest BCUT2D eigenvalue weighted by Crippen LogP contribution is 2.33. The number of amides is 3. The van der Waals surface area contributed by atoms with Gasteiger partial charge in [-0.15, -0.1) is 0 Å². The fourth-order valence-electron chi connectivity index (χ4n) is 3.70. The van der Waals surface area contributed by atoms with Gasteiger partial charge in [-0.1, -0.05) is 35.9 Å². The number of para-hydroxylation sites is 1. The Balaban J connectivity index is 1.41. The largest absolute Gasteiger partial charge is 0.322 e. The lowest BCUT2D eigenvalue weighted by atomic mass is 10.0. The van der Waals surface area contributed by atoms with Gasteiger partial charge < -0.3 is 5.32 Å². The number of anilines is 2. The molecule has 8 nitrogen and oxygen atoms in total. The van der Waals surface area contributed by atoms with Crippen LogP contribution in [0.5, 0.6) is 0 Å². The summed E-state index contributed by atoms with van der Waals surface area (Å²) in [5.74, 6) is -1.50. The summed E-state index contributed by atoms with van der Waals surface area (Å²) in [6, 6.07) is 20.8. The van der Waals surface area contributed by atoms with Crippen LogP contribution >= 0.6 is 11.6 Å². The van der Waals surface area contributed by atoms with E-state index in [1.807, 2.05) is 0 Å². The minimum Gasteiger partial charge on any atom is -0.322 e. The summed E-state index contributed by atoms with van der Waals surface area (Å²) in [5, 5.41) is 9.41. The monoisotopic (exact) mass is 470 g/mol. The molecule has 1 aromatic heterocycles. The normalized spacial score (nSPS) is 12.6. The van der Waals surface area contributed by atoms with E-state index in [2.05, 4.69) is 15.5 Å². The van der Waals surface area contributed by atoms with E-state index in [1.54, 1.807) is 54.6 Å². The molecular weight excluding hydrogens is 456 g/mol. The number of benzene rings is 3. The van der Waals surface area contributed by atoms with Crippen LogP contribution in [-0.2, 0) is 0 Å². The molecule has 0 radical (unpaired) electrons. The summed E-state index contributed by atoms with van der Waals surface area (Å²) in [5.41, 5.74) is 2.25. The number of halogens is 1. The van der Waals surface area contributed by atoms with Crippen molar-refractivity contribution < 1.29 is 14.4 Å². The standard InChI is InChI=1S/C25H15ClN4O4/c26-19-6-1-2-7-21(19)30-24(33)17-9-8-15(13-18(17)25(30)34)23(32)27-16-5-3-4-14(12-16)20-10-11-22(31)29-28-20/h1-13H,(H,27,32)(H,29,31). The zero-order valence-corrected chi connectivity index (χ0v) is 18.2. The quantitative estimate of drug-likeness (QED) is 0.435. The number of aromatic amines is 1. The van der Waals surface area contributed by atoms with Gasteiger partial charge in [0.25, 0.3) is 23.3 Å². The maximum atomic E-state index is 13.0. The smallest absolute Gasteiger partial charge is 0.266 e. The molecule has 0 aliphatic carbocycles. The molecule has 4 aromatic rings. The average molecular weight is 471 g/mol. The fourth-order valence-corrected chi connectivity index (χ4v) is 3.92. The Morgan fingerprint density at radius 1 is 0.853 bits per heavy atom. The predicted molar refractivity (Wildman–Crippen MR) is 127 cm³/mol. The minimum absolute atomic E-state index is 0.128. The number of hydrogen-bond acceptors (Lipinski definition) is 5. The van der Waals surface area contributed by atoms with Crippen molar-refractivity contribution in [3.63, 3.8) is 0 Å². The molecule has 166 valence electrons. The molecule has 0 fully saturated rings. The van der Waals surface area contributed by atoms with Crippen LogP contribution in [0.3, 0.4) is 0 Å². The Morgan fingerprint density at radius 2 is 1.65 bits per heavy atom. The van der Waals surface area contributed by atoms with Crippen LogP contribution < -0.4 is 15.8 Å². The summed E-state index contributed by atoms with van der Waals surface area (Å²) >= 11 is 6.18. The van der Waals surface area contributed by atoms with E-state index in [0.717, 1.165) is 4.90 Å². The van der Waals surface area contributed by atoms with E-state index in [0.29, 0.717) is 16.9 Å². The van der Waals surface area contributed by atoms with Crippen LogP contribution in [0.2, 0.25) is 5.02 Å². The zero-order chi connectivity index (χ0) is 23.8. The lowest BCUT2D eigenvalue weighted by Gasteiger charge is -2.15. The first-order valence-corrected chi connectivity index (χ1v) is 10.5. The first-order valence-electron chi connectivity index (χ1n) is 10.2. The van der Waals surface area contributed by atoms with Crippen molar-refractivity contribution in [2.45, 2.75) is 0 Å². The molecule has 0 saturated heterocycles. The summed E-state index contributed by atoms with van der Waals surface area (Å²) in [6.45, 7) is 0. The summed E-state index contributed by atoms with van der Waals surface area (Å²) in [4.78, 5) is 51.0. The number of aromatic nitrogens is 2. The highest BCUT2D eigenvalue weighted by atomic mass is 35.5. The van der Waals surface area contributed by atoms with Crippen LogP contribution in [0.4, 0.5) is 11.4 Å². The maximum Gasteiger partial charge on any atom is 0.266 e. The Morgan fingerprint density at radius 3 is 2.41 bits per heavy atom. The summed E-state index contributed by atoms with van der Waals surface area (Å²) in [7, 11) is 0. The Kier molecular flexibility index (Phi) is 5.27. The molecule has 0 unspecified atom stereocenters. The molecule has 2 N–H and O–H groups in total. The zero-order valence-electron chi connectivity index (χ0n) is 17.4. The number of carbonyl (C=O) groups excluding carboxylic acids is 3. The lowest BCUT2D eigenvalue weighted by Crippen LogP contribution is -2.29. The Hall–Kier alpha value is -4.56. The second-order valence-corrected chi connectivity index (χ2v) is 7.91. The predicted octanol–water partition coefficient (Wildman–Crippen LogP) is 4.14. The molecule has 2 heterocycles. The highest BCUT2D eigenvalue weighted by molar-refractivity contribution is 6.40. The third-order valence-corrected chi connectivity index (χ3v) is 5.66. The molecule has 5 rings (SSSR count). The minimum atomic E-state index is -0.547. The van der Waals surface area contributed by atoms with Crippen LogP contribution in [-0.4, -0.2) is 27.9 Å². The number of rotatable bonds is 4. The van der Waals surface area contributed by atoms with Gasteiger partial charge in [0, 0.05) is 22.9 Å². The second-order valence-electron chi connectivity index (χ2n) is 7.50. The third kappa shape index (κ3) is 3.76. The van der Waals surface area contributed by atoms with Crippen LogP contribution in [0, 0.1) is 0 Å². The van der Waals surface area contributed by atoms with Gasteiger partial charge in [0.1, 0.15) is 0 Å². The van der Waals surface area contributed by atoms with Crippen molar-refractivity contribution in [2.24, 2.45) is 0 Å². The molecule has 0 bridgehead atoms. The van der Waals surface area contributed by atoms with Crippen LogP contribution in [0.1, 0.15) is 31.1 Å².